The summed E-state index contributed by atoms with van der Waals surface area (Å²) in [5, 5.41) is 40.6. The molecule has 0 aromatic carbocycles. The van der Waals surface area contributed by atoms with Gasteiger partial charge in [0.05, 0.1) is 36.6 Å². The summed E-state index contributed by atoms with van der Waals surface area (Å²) in [5.74, 6) is 0.0237. The van der Waals surface area contributed by atoms with Crippen LogP contribution in [-0.2, 0) is 23.7 Å². The third-order valence-corrected chi connectivity index (χ3v) is 5.97. The van der Waals surface area contributed by atoms with Crippen LogP contribution in [0.2, 0.25) is 0 Å². The van der Waals surface area contributed by atoms with E-state index in [1.165, 1.54) is 0 Å². The van der Waals surface area contributed by atoms with E-state index in [2.05, 4.69) is 0 Å². The molecule has 0 aromatic rings. The highest BCUT2D eigenvalue weighted by Gasteiger charge is 2.43. The van der Waals surface area contributed by atoms with Crippen LogP contribution in [0.1, 0.15) is 47.0 Å². The zero-order valence-corrected chi connectivity index (χ0v) is 16.9. The number of aliphatic hydroxyl groups is 4. The highest BCUT2D eigenvalue weighted by atomic mass is 16.7. The fraction of sp³-hybridized carbons (Fsp3) is 1.00. The molecule has 3 rings (SSSR count). The predicted molar refractivity (Wildman–Crippen MR) is 96.0 cm³/mol. The minimum Gasteiger partial charge on any atom is -0.390 e. The zero-order valence-electron chi connectivity index (χ0n) is 16.9. The molecule has 3 aliphatic rings. The van der Waals surface area contributed by atoms with Crippen molar-refractivity contribution in [3.63, 3.8) is 0 Å². The molecule has 0 spiro atoms. The van der Waals surface area contributed by atoms with Crippen molar-refractivity contribution in [2.75, 3.05) is 0 Å². The van der Waals surface area contributed by atoms with Gasteiger partial charge in [0, 0.05) is 19.3 Å². The number of aliphatic hydroxyl groups excluding tert-OH is 4. The van der Waals surface area contributed by atoms with Gasteiger partial charge in [0.1, 0.15) is 12.2 Å². The Kier molecular flexibility index (Phi) is 7.33. The van der Waals surface area contributed by atoms with Gasteiger partial charge in [-0.25, -0.2) is 0 Å². The van der Waals surface area contributed by atoms with Gasteiger partial charge < -0.3 is 44.1 Å². The molecule has 164 valence electrons. The third-order valence-electron chi connectivity index (χ3n) is 5.97. The largest absolute Gasteiger partial charge is 0.390 e. The predicted octanol–water partition coefficient (Wildman–Crippen LogP) is -0.127. The molecule has 3 heterocycles. The number of ether oxygens (including phenoxy) is 5. The van der Waals surface area contributed by atoms with Crippen LogP contribution in [0, 0.1) is 5.92 Å². The lowest BCUT2D eigenvalue weighted by Gasteiger charge is -2.44. The summed E-state index contributed by atoms with van der Waals surface area (Å²) in [6.07, 6.45) is -6.29. The van der Waals surface area contributed by atoms with E-state index in [1.54, 1.807) is 20.8 Å². The highest BCUT2D eigenvalue weighted by Crippen LogP contribution is 2.32. The first-order chi connectivity index (χ1) is 13.2. The van der Waals surface area contributed by atoms with E-state index in [0.717, 1.165) is 0 Å². The molecule has 0 unspecified atom stereocenters. The number of hydrogen-bond acceptors (Lipinski definition) is 9. The molecule has 3 fully saturated rings. The van der Waals surface area contributed by atoms with Crippen molar-refractivity contribution in [3.05, 3.63) is 0 Å². The van der Waals surface area contributed by atoms with Gasteiger partial charge >= 0.3 is 0 Å². The van der Waals surface area contributed by atoms with E-state index in [-0.39, 0.29) is 24.9 Å². The van der Waals surface area contributed by atoms with Crippen LogP contribution in [0.3, 0.4) is 0 Å². The Morgan fingerprint density at radius 2 is 1.07 bits per heavy atom. The average Bonchev–Trinajstić information content (AvgIpc) is 2.61. The second-order valence-electron chi connectivity index (χ2n) is 8.34. The molecule has 3 aliphatic heterocycles. The van der Waals surface area contributed by atoms with Gasteiger partial charge in [-0.05, 0) is 26.7 Å². The Hall–Kier alpha value is -0.360. The lowest BCUT2D eigenvalue weighted by Crippen LogP contribution is -2.54. The highest BCUT2D eigenvalue weighted by molar-refractivity contribution is 4.86. The summed E-state index contributed by atoms with van der Waals surface area (Å²) in [5.41, 5.74) is 0. The first kappa shape index (κ1) is 22.3. The molecule has 0 aromatic heterocycles. The van der Waals surface area contributed by atoms with Crippen molar-refractivity contribution in [2.24, 2.45) is 5.92 Å². The van der Waals surface area contributed by atoms with Crippen LogP contribution >= 0.6 is 0 Å². The Balaban J connectivity index is 1.60. The van der Waals surface area contributed by atoms with Crippen molar-refractivity contribution in [3.8, 4) is 0 Å². The maximum absolute atomic E-state index is 10.5. The van der Waals surface area contributed by atoms with Crippen LogP contribution < -0.4 is 0 Å². The summed E-state index contributed by atoms with van der Waals surface area (Å²) in [7, 11) is 0. The van der Waals surface area contributed by atoms with Crippen LogP contribution in [0.5, 0.6) is 0 Å². The maximum atomic E-state index is 10.5. The third kappa shape index (κ3) is 5.03. The number of rotatable bonds is 4. The molecule has 4 N–H and O–H groups in total. The molecule has 28 heavy (non-hydrogen) atoms. The van der Waals surface area contributed by atoms with Gasteiger partial charge in [0.15, 0.2) is 18.9 Å². The quantitative estimate of drug-likeness (QED) is 0.505. The molecule has 0 saturated carbocycles. The first-order valence-corrected chi connectivity index (χ1v) is 10.1. The molecule has 0 radical (unpaired) electrons. The van der Waals surface area contributed by atoms with Crippen molar-refractivity contribution < 1.29 is 44.1 Å². The summed E-state index contributed by atoms with van der Waals surface area (Å²) < 4.78 is 28.6. The van der Waals surface area contributed by atoms with Gasteiger partial charge in [0.2, 0.25) is 0 Å². The van der Waals surface area contributed by atoms with Gasteiger partial charge in [-0.1, -0.05) is 6.92 Å². The molecule has 12 atom stereocenters. The van der Waals surface area contributed by atoms with Gasteiger partial charge in [-0.3, -0.25) is 0 Å². The summed E-state index contributed by atoms with van der Waals surface area (Å²) in [6, 6.07) is 0. The lowest BCUT2D eigenvalue weighted by molar-refractivity contribution is -0.323. The molecule has 9 heteroatoms. The Labute approximate surface area is 165 Å². The summed E-state index contributed by atoms with van der Waals surface area (Å²) in [4.78, 5) is 0. The molecule has 0 aliphatic carbocycles. The maximum Gasteiger partial charge on any atom is 0.161 e. The van der Waals surface area contributed by atoms with Crippen LogP contribution in [-0.4, -0.2) is 88.1 Å². The van der Waals surface area contributed by atoms with E-state index in [0.29, 0.717) is 6.42 Å². The molecular formula is C19H34O9. The van der Waals surface area contributed by atoms with E-state index < -0.39 is 61.6 Å². The molecular weight excluding hydrogens is 372 g/mol. The van der Waals surface area contributed by atoms with Gasteiger partial charge in [-0.15, -0.1) is 0 Å². The minimum absolute atomic E-state index is 0.0237. The lowest BCUT2D eigenvalue weighted by atomic mass is 9.94. The number of hydrogen-bond donors (Lipinski definition) is 4. The van der Waals surface area contributed by atoms with Gasteiger partial charge in [-0.2, -0.15) is 0 Å². The SMILES string of the molecule is C[C@@H]1O[C@@H](O[C@@H]2C[C@H](O[C@@H]3C[C@H](O)O[C@H](C)[C@H]3O)O[C@H](C)[C@H]2O)C[C@H](C)[C@H]1O. The second kappa shape index (κ2) is 9.20. The van der Waals surface area contributed by atoms with Crippen molar-refractivity contribution in [1.82, 2.24) is 0 Å². The fourth-order valence-corrected chi connectivity index (χ4v) is 4.15. The van der Waals surface area contributed by atoms with Crippen molar-refractivity contribution in [1.29, 1.82) is 0 Å². The molecule has 0 bridgehead atoms. The van der Waals surface area contributed by atoms with Crippen molar-refractivity contribution >= 4 is 0 Å². The summed E-state index contributed by atoms with van der Waals surface area (Å²) >= 11 is 0. The van der Waals surface area contributed by atoms with E-state index in [1.807, 2.05) is 6.92 Å². The Bertz CT molecular complexity index is 494. The van der Waals surface area contributed by atoms with Crippen LogP contribution in [0.15, 0.2) is 0 Å². The normalized spacial score (nSPS) is 53.1. The van der Waals surface area contributed by atoms with E-state index in [4.69, 9.17) is 23.7 Å². The van der Waals surface area contributed by atoms with Crippen LogP contribution in [0.4, 0.5) is 0 Å². The van der Waals surface area contributed by atoms with Gasteiger partial charge in [0.25, 0.3) is 0 Å². The van der Waals surface area contributed by atoms with Crippen molar-refractivity contribution in [2.45, 2.75) is 115 Å². The monoisotopic (exact) mass is 406 g/mol. The summed E-state index contributed by atoms with van der Waals surface area (Å²) in [6.45, 7) is 7.13. The molecule has 0 amide bonds. The first-order valence-electron chi connectivity index (χ1n) is 10.1. The second-order valence-corrected chi connectivity index (χ2v) is 8.34. The standard InChI is InChI=1S/C19H34O9/c1-8-5-15(25-9(2)17(8)21)28-13-7-16(26-11(4)19(13)23)27-12-6-14(20)24-10(3)18(12)22/h8-23H,5-7H2,1-4H3/t8-,9-,10+,11+,12+,13+,14+,15-,16-,17+,18+,19+/m0/s1. The Morgan fingerprint density at radius 1 is 0.607 bits per heavy atom. The molecule has 3 saturated heterocycles. The Morgan fingerprint density at radius 3 is 1.64 bits per heavy atom. The zero-order chi connectivity index (χ0) is 20.6. The smallest absolute Gasteiger partial charge is 0.161 e. The fourth-order valence-electron chi connectivity index (χ4n) is 4.15. The van der Waals surface area contributed by atoms with E-state index in [9.17, 15) is 20.4 Å². The van der Waals surface area contributed by atoms with E-state index >= 15 is 0 Å². The topological polar surface area (TPSA) is 127 Å². The minimum atomic E-state index is -1.01. The van der Waals surface area contributed by atoms with Crippen LogP contribution in [0.25, 0.3) is 0 Å². The molecule has 9 nitrogen and oxygen atoms in total. The average molecular weight is 406 g/mol.